The fourth-order valence-corrected chi connectivity index (χ4v) is 9.44. The second-order valence-electron chi connectivity index (χ2n) is 15.1. The molecule has 1 unspecified atom stereocenters. The lowest BCUT2D eigenvalue weighted by atomic mass is 9.81. The number of furan rings is 2. The van der Waals surface area contributed by atoms with E-state index in [9.17, 15) is 0 Å². The number of allylic oxidation sites excluding steroid dienone is 4. The monoisotopic (exact) mass is 714 g/mol. The Hall–Kier alpha value is -7.16. The van der Waals surface area contributed by atoms with Gasteiger partial charge in [0, 0.05) is 27.5 Å². The van der Waals surface area contributed by atoms with Gasteiger partial charge in [-0.15, -0.1) is 0 Å². The van der Waals surface area contributed by atoms with Gasteiger partial charge in [-0.25, -0.2) is 0 Å². The lowest BCUT2D eigenvalue weighted by molar-refractivity contribution is 0.633. The van der Waals surface area contributed by atoms with E-state index in [1.54, 1.807) is 0 Å². The zero-order valence-corrected chi connectivity index (χ0v) is 30.5. The molecule has 0 amide bonds. The Morgan fingerprint density at radius 2 is 0.964 bits per heavy atom. The molecule has 1 aliphatic rings. The van der Waals surface area contributed by atoms with Crippen LogP contribution in [-0.4, -0.2) is 0 Å². The number of hydrogen-bond acceptors (Lipinski definition) is 2. The summed E-state index contributed by atoms with van der Waals surface area (Å²) in [5, 5.41) is 12.0. The van der Waals surface area contributed by atoms with Crippen molar-refractivity contribution in [3.63, 3.8) is 0 Å². The van der Waals surface area contributed by atoms with Gasteiger partial charge >= 0.3 is 0 Å². The van der Waals surface area contributed by atoms with E-state index in [1.807, 2.05) is 12.1 Å². The zero-order valence-electron chi connectivity index (χ0n) is 30.5. The van der Waals surface area contributed by atoms with Gasteiger partial charge in [0.05, 0.1) is 0 Å². The summed E-state index contributed by atoms with van der Waals surface area (Å²) in [6, 6.07) is 61.5. The second-order valence-corrected chi connectivity index (χ2v) is 15.1. The Balaban J connectivity index is 1.01. The number of rotatable bonds is 4. The SMILES string of the molecule is C1=CC(c2c3ccccc3c(-c3cccc(-c4ccc5oc6c(ccc7c8ccccc8oc76)c5c4)c3)c3ccccc23)=CC(c2cccc3ccccc23)C1. The predicted molar refractivity (Wildman–Crippen MR) is 235 cm³/mol. The van der Waals surface area contributed by atoms with E-state index in [0.29, 0.717) is 5.92 Å². The van der Waals surface area contributed by atoms with Crippen molar-refractivity contribution in [1.82, 2.24) is 0 Å². The molecule has 1 aliphatic carbocycles. The first-order valence-corrected chi connectivity index (χ1v) is 19.4. The van der Waals surface area contributed by atoms with Crippen LogP contribution in [0.2, 0.25) is 0 Å². The van der Waals surface area contributed by atoms with Gasteiger partial charge in [0.2, 0.25) is 0 Å². The summed E-state index contributed by atoms with van der Waals surface area (Å²) in [5.41, 5.74) is 12.1. The Bertz CT molecular complexity index is 3400. The summed E-state index contributed by atoms with van der Waals surface area (Å²) in [5.74, 6) is 0.296. The van der Waals surface area contributed by atoms with Crippen molar-refractivity contribution in [2.75, 3.05) is 0 Å². The molecule has 2 nitrogen and oxygen atoms in total. The summed E-state index contributed by atoms with van der Waals surface area (Å²) in [7, 11) is 0. The first-order valence-electron chi connectivity index (χ1n) is 19.4. The molecule has 1 atom stereocenters. The highest BCUT2D eigenvalue weighted by Gasteiger charge is 2.22. The van der Waals surface area contributed by atoms with Gasteiger partial charge in [-0.05, 0) is 114 Å². The van der Waals surface area contributed by atoms with Crippen LogP contribution < -0.4 is 0 Å². The Labute approximate surface area is 323 Å². The van der Waals surface area contributed by atoms with Crippen molar-refractivity contribution in [1.29, 1.82) is 0 Å². The number of fused-ring (bicyclic) bond motifs is 10. The lowest BCUT2D eigenvalue weighted by Gasteiger charge is -2.23. The molecule has 0 saturated heterocycles. The third-order valence-corrected chi connectivity index (χ3v) is 12.0. The van der Waals surface area contributed by atoms with Gasteiger partial charge in [-0.1, -0.05) is 152 Å². The van der Waals surface area contributed by atoms with E-state index in [1.165, 1.54) is 60.1 Å². The van der Waals surface area contributed by atoms with Gasteiger partial charge in [0.1, 0.15) is 11.2 Å². The van der Waals surface area contributed by atoms with Gasteiger partial charge in [0.15, 0.2) is 11.2 Å². The van der Waals surface area contributed by atoms with E-state index in [-0.39, 0.29) is 0 Å². The van der Waals surface area contributed by atoms with Gasteiger partial charge in [0.25, 0.3) is 0 Å². The topological polar surface area (TPSA) is 26.3 Å². The molecule has 11 aromatic rings. The van der Waals surface area contributed by atoms with Crippen LogP contribution in [0, 0.1) is 0 Å². The van der Waals surface area contributed by atoms with Crippen LogP contribution in [0.1, 0.15) is 23.5 Å². The maximum Gasteiger partial charge on any atom is 0.178 e. The van der Waals surface area contributed by atoms with Crippen LogP contribution in [0.3, 0.4) is 0 Å². The van der Waals surface area contributed by atoms with E-state index in [0.717, 1.165) is 61.4 Å². The van der Waals surface area contributed by atoms with Gasteiger partial charge in [-0.2, -0.15) is 0 Å². The van der Waals surface area contributed by atoms with Crippen molar-refractivity contribution < 1.29 is 8.83 Å². The molecule has 0 spiro atoms. The molecule has 2 heteroatoms. The number of para-hydroxylation sites is 1. The van der Waals surface area contributed by atoms with Crippen LogP contribution in [0.4, 0.5) is 0 Å². The molecule has 0 N–H and O–H groups in total. The fourth-order valence-electron chi connectivity index (χ4n) is 9.44. The Morgan fingerprint density at radius 1 is 0.393 bits per heavy atom. The van der Waals surface area contributed by atoms with E-state index < -0.39 is 0 Å². The van der Waals surface area contributed by atoms with Crippen LogP contribution in [0.25, 0.3) is 104 Å². The number of benzene rings is 9. The first-order chi connectivity index (χ1) is 27.8. The molecule has 0 fully saturated rings. The summed E-state index contributed by atoms with van der Waals surface area (Å²) in [6.45, 7) is 0. The highest BCUT2D eigenvalue weighted by atomic mass is 16.4. The third kappa shape index (κ3) is 4.69. The van der Waals surface area contributed by atoms with Crippen LogP contribution in [-0.2, 0) is 0 Å². The van der Waals surface area contributed by atoms with Crippen molar-refractivity contribution >= 4 is 81.8 Å². The minimum Gasteiger partial charge on any atom is -0.452 e. The summed E-state index contributed by atoms with van der Waals surface area (Å²) >= 11 is 0. The Kier molecular flexibility index (Phi) is 6.79. The average Bonchev–Trinajstić information content (AvgIpc) is 3.84. The van der Waals surface area contributed by atoms with E-state index >= 15 is 0 Å². The maximum absolute atomic E-state index is 6.48. The van der Waals surface area contributed by atoms with E-state index in [4.69, 9.17) is 8.83 Å². The van der Waals surface area contributed by atoms with Crippen LogP contribution >= 0.6 is 0 Å². The quantitative estimate of drug-likeness (QED) is 0.170. The molecular formula is C54H34O2. The van der Waals surface area contributed by atoms with Crippen molar-refractivity contribution in [2.45, 2.75) is 12.3 Å². The normalized spacial score (nSPS) is 14.6. The molecule has 12 rings (SSSR count). The largest absolute Gasteiger partial charge is 0.452 e. The molecule has 9 aromatic carbocycles. The molecule has 2 aromatic heterocycles. The summed E-state index contributed by atoms with van der Waals surface area (Å²) < 4.78 is 12.8. The fraction of sp³-hybridized carbons (Fsp3) is 0.0370. The smallest absolute Gasteiger partial charge is 0.178 e. The molecule has 0 aliphatic heterocycles. The highest BCUT2D eigenvalue weighted by molar-refractivity contribution is 6.21. The van der Waals surface area contributed by atoms with Crippen molar-refractivity contribution in [3.05, 3.63) is 199 Å². The third-order valence-electron chi connectivity index (χ3n) is 12.0. The van der Waals surface area contributed by atoms with Crippen LogP contribution in [0.15, 0.2) is 197 Å². The lowest BCUT2D eigenvalue weighted by Crippen LogP contribution is -2.01. The van der Waals surface area contributed by atoms with Crippen molar-refractivity contribution in [3.8, 4) is 22.3 Å². The minimum atomic E-state index is 0.296. The molecule has 0 radical (unpaired) electrons. The first kappa shape index (κ1) is 31.2. The predicted octanol–water partition coefficient (Wildman–Crippen LogP) is 15.4. The summed E-state index contributed by atoms with van der Waals surface area (Å²) in [4.78, 5) is 0. The second kappa shape index (κ2) is 12.2. The zero-order chi connectivity index (χ0) is 36.7. The van der Waals surface area contributed by atoms with Crippen LogP contribution in [0.5, 0.6) is 0 Å². The van der Waals surface area contributed by atoms with Gasteiger partial charge < -0.3 is 8.83 Å². The summed E-state index contributed by atoms with van der Waals surface area (Å²) in [6.07, 6.45) is 8.20. The van der Waals surface area contributed by atoms with Gasteiger partial charge in [-0.3, -0.25) is 0 Å². The highest BCUT2D eigenvalue weighted by Crippen LogP contribution is 2.46. The standard InChI is InChI=1S/C54H34O2/c1-2-18-39-33(12-1)13-11-24-40(39)36-15-10-17-38(31-36)52-44-22-5-3-20-42(44)51(43-21-4-6-23-45(43)52)37-16-9-14-34(30-37)35-26-29-50-48(32-35)47-28-27-46-41-19-7-8-25-49(41)55-53(46)54(47)56-50/h1-14,16-32,36H,15H2. The molecule has 56 heavy (non-hydrogen) atoms. The Morgan fingerprint density at radius 3 is 1.73 bits per heavy atom. The average molecular weight is 715 g/mol. The van der Waals surface area contributed by atoms with Crippen molar-refractivity contribution in [2.24, 2.45) is 0 Å². The molecule has 262 valence electrons. The van der Waals surface area contributed by atoms with E-state index in [2.05, 4.69) is 176 Å². The molecule has 2 heterocycles. The molecule has 0 bridgehead atoms. The minimum absolute atomic E-state index is 0.296. The molecular weight excluding hydrogens is 681 g/mol. The molecule has 0 saturated carbocycles. The maximum atomic E-state index is 6.48. The number of hydrogen-bond donors (Lipinski definition) is 0.